The number of nitrogens with one attached hydrogen (secondary N) is 1. The second kappa shape index (κ2) is 12.1. The number of halogens is 1. The summed E-state index contributed by atoms with van der Waals surface area (Å²) in [7, 11) is 0. The maximum Gasteiger partial charge on any atom is 0.320 e. The zero-order chi connectivity index (χ0) is 25.5. The van der Waals surface area contributed by atoms with E-state index in [1.54, 1.807) is 9.80 Å². The van der Waals surface area contributed by atoms with Gasteiger partial charge in [0.25, 0.3) is 0 Å². The molecule has 0 spiro atoms. The lowest BCUT2D eigenvalue weighted by molar-refractivity contribution is 0.0922. The molecule has 0 aliphatic carbocycles. The molecule has 4 rings (SSSR count). The van der Waals surface area contributed by atoms with Gasteiger partial charge in [0.1, 0.15) is 12.0 Å². The maximum atomic E-state index is 14.8. The summed E-state index contributed by atoms with van der Waals surface area (Å²) in [4.78, 5) is 22.3. The minimum absolute atomic E-state index is 0.00221. The van der Waals surface area contributed by atoms with Crippen molar-refractivity contribution in [2.75, 3.05) is 39.3 Å². The highest BCUT2D eigenvalue weighted by Crippen LogP contribution is 2.32. The summed E-state index contributed by atoms with van der Waals surface area (Å²) >= 11 is 0. The largest absolute Gasteiger partial charge is 0.328 e. The molecule has 2 aromatic carbocycles. The topological polar surface area (TPSA) is 79.4 Å². The number of rotatable bonds is 9. The third-order valence-corrected chi connectivity index (χ3v) is 6.59. The first kappa shape index (κ1) is 25.9. The Kier molecular flexibility index (Phi) is 8.72. The van der Waals surface area contributed by atoms with Crippen molar-refractivity contribution in [2.24, 2.45) is 11.7 Å². The molecule has 1 aromatic heterocycles. The normalized spacial score (nSPS) is 15.6. The average Bonchev–Trinajstić information content (AvgIpc) is 3.32. The summed E-state index contributed by atoms with van der Waals surface area (Å²) in [5.74, 6) is 0.753. The van der Waals surface area contributed by atoms with Crippen LogP contribution in [-0.4, -0.2) is 70.8 Å². The predicted molar refractivity (Wildman–Crippen MR) is 141 cm³/mol. The molecular formula is C28H37FN6O. The number of urea groups is 1. The molecule has 7 nitrogen and oxygen atoms in total. The summed E-state index contributed by atoms with van der Waals surface area (Å²) in [6.07, 6.45) is 0.723. The lowest BCUT2D eigenvalue weighted by Crippen LogP contribution is -2.54. The number of piperazine rings is 1. The molecule has 1 aliphatic heterocycles. The van der Waals surface area contributed by atoms with Gasteiger partial charge in [-0.25, -0.2) is 14.2 Å². The van der Waals surface area contributed by atoms with Crippen molar-refractivity contribution in [3.05, 3.63) is 78.2 Å². The fraction of sp³-hybridized carbons (Fsp3) is 0.429. The van der Waals surface area contributed by atoms with E-state index >= 15 is 0 Å². The first-order chi connectivity index (χ1) is 17.5. The van der Waals surface area contributed by atoms with Crippen molar-refractivity contribution >= 4 is 6.03 Å². The summed E-state index contributed by atoms with van der Waals surface area (Å²) in [5.41, 5.74) is 8.63. The number of nitrogens with zero attached hydrogens (tertiary/aromatic N) is 4. The smallest absolute Gasteiger partial charge is 0.320 e. The lowest BCUT2D eigenvalue weighted by Gasteiger charge is -2.39. The van der Waals surface area contributed by atoms with Crippen LogP contribution >= 0.6 is 0 Å². The van der Waals surface area contributed by atoms with Gasteiger partial charge in [0.05, 0.1) is 18.3 Å². The van der Waals surface area contributed by atoms with Crippen molar-refractivity contribution in [2.45, 2.75) is 32.6 Å². The van der Waals surface area contributed by atoms with Crippen molar-refractivity contribution in [1.82, 2.24) is 24.7 Å². The van der Waals surface area contributed by atoms with Gasteiger partial charge >= 0.3 is 6.03 Å². The minimum Gasteiger partial charge on any atom is -0.328 e. The Morgan fingerprint density at radius 3 is 2.33 bits per heavy atom. The molecule has 3 aromatic rings. The molecule has 2 heterocycles. The van der Waals surface area contributed by atoms with Crippen LogP contribution in [0.3, 0.4) is 0 Å². The van der Waals surface area contributed by atoms with E-state index in [2.05, 4.69) is 35.9 Å². The van der Waals surface area contributed by atoms with Crippen LogP contribution < -0.4 is 11.1 Å². The number of nitrogens with two attached hydrogens (primary N) is 1. The SMILES string of the molecule is CC(C)[C@H](c1nc(-c2ccccc2)cn1Cc1ccccc1)N(C[C@H](F)CN)C(=O)N1CCNCC1. The number of benzene rings is 2. The van der Waals surface area contributed by atoms with E-state index in [9.17, 15) is 9.18 Å². The molecule has 0 radical (unpaired) electrons. The minimum atomic E-state index is -1.32. The van der Waals surface area contributed by atoms with Crippen LogP contribution in [0.1, 0.15) is 31.3 Å². The molecule has 2 amide bonds. The van der Waals surface area contributed by atoms with E-state index in [1.165, 1.54) is 0 Å². The third kappa shape index (κ3) is 6.12. The van der Waals surface area contributed by atoms with Gasteiger partial charge in [0.2, 0.25) is 0 Å². The Morgan fingerprint density at radius 1 is 1.08 bits per heavy atom. The van der Waals surface area contributed by atoms with Crippen molar-refractivity contribution in [3.8, 4) is 11.3 Å². The van der Waals surface area contributed by atoms with E-state index in [0.29, 0.717) is 19.6 Å². The van der Waals surface area contributed by atoms with Crippen LogP contribution in [0.15, 0.2) is 66.9 Å². The number of imidazole rings is 1. The molecule has 1 fully saturated rings. The first-order valence-electron chi connectivity index (χ1n) is 12.7. The van der Waals surface area contributed by atoms with E-state index in [4.69, 9.17) is 10.7 Å². The van der Waals surface area contributed by atoms with E-state index in [-0.39, 0.29) is 25.0 Å². The number of alkyl halides is 1. The van der Waals surface area contributed by atoms with Gasteiger partial charge < -0.3 is 25.4 Å². The number of hydrogen-bond acceptors (Lipinski definition) is 4. The Balaban J connectivity index is 1.78. The van der Waals surface area contributed by atoms with E-state index < -0.39 is 12.2 Å². The number of hydrogen-bond donors (Lipinski definition) is 2. The number of carbonyl (C=O) groups excluding carboxylic acids is 1. The lowest BCUT2D eigenvalue weighted by atomic mass is 10.0. The molecule has 3 N–H and O–H groups in total. The van der Waals surface area contributed by atoms with Crippen molar-refractivity contribution in [3.63, 3.8) is 0 Å². The van der Waals surface area contributed by atoms with E-state index in [0.717, 1.165) is 35.7 Å². The van der Waals surface area contributed by atoms with Crippen LogP contribution in [0.25, 0.3) is 11.3 Å². The summed E-state index contributed by atoms with van der Waals surface area (Å²) in [6, 6.07) is 19.6. The second-order valence-corrected chi connectivity index (χ2v) is 9.66. The Morgan fingerprint density at radius 2 is 1.72 bits per heavy atom. The maximum absolute atomic E-state index is 14.8. The number of aromatic nitrogens is 2. The molecule has 2 atom stereocenters. The Bertz CT molecular complexity index is 1100. The second-order valence-electron chi connectivity index (χ2n) is 9.66. The van der Waals surface area contributed by atoms with Crippen molar-refractivity contribution < 1.29 is 9.18 Å². The molecule has 0 saturated carbocycles. The van der Waals surface area contributed by atoms with Crippen LogP contribution in [0.2, 0.25) is 0 Å². The van der Waals surface area contributed by atoms with Crippen molar-refractivity contribution in [1.29, 1.82) is 0 Å². The fourth-order valence-electron chi connectivity index (χ4n) is 4.75. The summed E-state index contributed by atoms with van der Waals surface area (Å²) in [6.45, 7) is 7.14. The molecule has 0 unspecified atom stereocenters. The average molecular weight is 493 g/mol. The van der Waals surface area contributed by atoms with Gasteiger partial charge in [-0.05, 0) is 11.5 Å². The zero-order valence-electron chi connectivity index (χ0n) is 21.2. The first-order valence-corrected chi connectivity index (χ1v) is 12.7. The van der Waals surface area contributed by atoms with Crippen LogP contribution in [0.5, 0.6) is 0 Å². The highest BCUT2D eigenvalue weighted by molar-refractivity contribution is 5.75. The molecule has 8 heteroatoms. The fourth-order valence-corrected chi connectivity index (χ4v) is 4.75. The zero-order valence-corrected chi connectivity index (χ0v) is 21.2. The van der Waals surface area contributed by atoms with Gasteiger partial charge in [0.15, 0.2) is 0 Å². The van der Waals surface area contributed by atoms with Crippen LogP contribution in [0, 0.1) is 5.92 Å². The molecule has 36 heavy (non-hydrogen) atoms. The van der Waals surface area contributed by atoms with Crippen LogP contribution in [0.4, 0.5) is 9.18 Å². The van der Waals surface area contributed by atoms with Gasteiger partial charge in [-0.15, -0.1) is 0 Å². The van der Waals surface area contributed by atoms with Crippen LogP contribution in [-0.2, 0) is 6.54 Å². The Hall–Kier alpha value is -3.23. The quantitative estimate of drug-likeness (QED) is 0.475. The number of carbonyl (C=O) groups is 1. The third-order valence-electron chi connectivity index (χ3n) is 6.59. The highest BCUT2D eigenvalue weighted by Gasteiger charge is 2.36. The monoisotopic (exact) mass is 492 g/mol. The Labute approximate surface area is 213 Å². The van der Waals surface area contributed by atoms with Gasteiger partial charge in [-0.2, -0.15) is 0 Å². The molecule has 192 valence electrons. The standard InChI is InChI=1S/C28H37FN6O/c1-21(2)26(35(19-24(29)17-30)28(36)33-15-13-31-14-16-33)27-32-25(23-11-7-4-8-12-23)20-34(27)18-22-9-5-3-6-10-22/h3-12,20-21,24,26,31H,13-19,30H2,1-2H3/t24-,26-/m1/s1. The molecule has 1 aliphatic rings. The van der Waals surface area contributed by atoms with Gasteiger partial charge in [-0.3, -0.25) is 0 Å². The summed E-state index contributed by atoms with van der Waals surface area (Å²) in [5, 5.41) is 3.28. The summed E-state index contributed by atoms with van der Waals surface area (Å²) < 4.78 is 16.9. The number of amides is 2. The predicted octanol–water partition coefficient (Wildman–Crippen LogP) is 3.92. The van der Waals surface area contributed by atoms with E-state index in [1.807, 2.05) is 54.7 Å². The van der Waals surface area contributed by atoms with Gasteiger partial charge in [-0.1, -0.05) is 74.5 Å². The molecule has 0 bridgehead atoms. The highest BCUT2D eigenvalue weighted by atomic mass is 19.1. The van der Waals surface area contributed by atoms with Gasteiger partial charge in [0, 0.05) is 51.0 Å². The molecular weight excluding hydrogens is 455 g/mol. The molecule has 1 saturated heterocycles.